The van der Waals surface area contributed by atoms with Crippen molar-refractivity contribution in [3.8, 4) is 0 Å². The number of rotatable bonds is 3. The van der Waals surface area contributed by atoms with Crippen LogP contribution < -0.4 is 5.32 Å². The molecule has 2 aromatic rings. The summed E-state index contributed by atoms with van der Waals surface area (Å²) in [5.74, 6) is 0. The van der Waals surface area contributed by atoms with Gasteiger partial charge >= 0.3 is 0 Å². The third-order valence-corrected chi connectivity index (χ3v) is 4.62. The number of para-hydroxylation sites is 1. The minimum absolute atomic E-state index is 0.325. The molecular formula is C17H23ClN2. The molecule has 0 saturated heterocycles. The Balaban J connectivity index is 2.13. The van der Waals surface area contributed by atoms with E-state index in [1.165, 1.54) is 23.1 Å². The monoisotopic (exact) mass is 290 g/mol. The van der Waals surface area contributed by atoms with Gasteiger partial charge in [0.1, 0.15) is 0 Å². The summed E-state index contributed by atoms with van der Waals surface area (Å²) in [5.41, 5.74) is 4.22. The van der Waals surface area contributed by atoms with E-state index in [0.29, 0.717) is 11.5 Å². The topological polar surface area (TPSA) is 27.8 Å². The summed E-state index contributed by atoms with van der Waals surface area (Å²) in [6.45, 7) is 7.98. The van der Waals surface area contributed by atoms with Gasteiger partial charge in [-0.1, -0.05) is 44.5 Å². The minimum atomic E-state index is 0.325. The molecular weight excluding hydrogens is 268 g/mol. The van der Waals surface area contributed by atoms with Crippen LogP contribution in [0.1, 0.15) is 50.9 Å². The molecule has 1 heterocycles. The van der Waals surface area contributed by atoms with Gasteiger partial charge in [0, 0.05) is 17.1 Å². The molecule has 3 rings (SSSR count). The Morgan fingerprint density at radius 1 is 1.40 bits per heavy atom. The highest BCUT2D eigenvalue weighted by Gasteiger charge is 2.34. The molecule has 0 bridgehead atoms. The van der Waals surface area contributed by atoms with Crippen LogP contribution in [0.25, 0.3) is 10.9 Å². The third kappa shape index (κ3) is 2.36. The first-order chi connectivity index (χ1) is 9.52. The Morgan fingerprint density at radius 2 is 2.20 bits per heavy atom. The lowest BCUT2D eigenvalue weighted by molar-refractivity contribution is 0.257. The van der Waals surface area contributed by atoms with E-state index >= 15 is 0 Å². The number of halogens is 1. The molecule has 0 radical (unpaired) electrons. The van der Waals surface area contributed by atoms with Crippen LogP contribution in [-0.2, 0) is 6.42 Å². The predicted octanol–water partition coefficient (Wildman–Crippen LogP) is 4.83. The largest absolute Gasteiger partial charge is 0.357 e. The summed E-state index contributed by atoms with van der Waals surface area (Å²) < 4.78 is 0. The van der Waals surface area contributed by atoms with Crippen molar-refractivity contribution in [2.24, 2.45) is 5.41 Å². The van der Waals surface area contributed by atoms with Crippen LogP contribution in [-0.4, -0.2) is 11.5 Å². The van der Waals surface area contributed by atoms with Crippen LogP contribution in [0.5, 0.6) is 0 Å². The zero-order valence-corrected chi connectivity index (χ0v) is 13.3. The second-order valence-electron chi connectivity index (χ2n) is 6.73. The van der Waals surface area contributed by atoms with Gasteiger partial charge in [-0.2, -0.15) is 0 Å². The molecule has 2 nitrogen and oxygen atoms in total. The maximum atomic E-state index is 6.35. The Bertz CT molecular complexity index is 627. The van der Waals surface area contributed by atoms with E-state index in [9.17, 15) is 0 Å². The minimum Gasteiger partial charge on any atom is -0.357 e. The smallest absolute Gasteiger partial charge is 0.0648 e. The second kappa shape index (κ2) is 5.09. The SMILES string of the molecule is CCCNC1CC(C)(C)Cc2[nH]c3c(Cl)cccc3c21. The number of aromatic nitrogens is 1. The molecule has 0 aliphatic heterocycles. The molecule has 1 aliphatic carbocycles. The van der Waals surface area contributed by atoms with Crippen LogP contribution in [0.15, 0.2) is 18.2 Å². The van der Waals surface area contributed by atoms with E-state index in [-0.39, 0.29) is 0 Å². The fourth-order valence-electron chi connectivity index (χ4n) is 3.49. The Labute approximate surface area is 125 Å². The number of H-pyrrole nitrogens is 1. The molecule has 0 spiro atoms. The molecule has 1 aromatic heterocycles. The van der Waals surface area contributed by atoms with Crippen LogP contribution in [0.3, 0.4) is 0 Å². The maximum absolute atomic E-state index is 6.35. The van der Waals surface area contributed by atoms with Crippen LogP contribution in [0.4, 0.5) is 0 Å². The van der Waals surface area contributed by atoms with Gasteiger partial charge < -0.3 is 10.3 Å². The number of hydrogen-bond donors (Lipinski definition) is 2. The second-order valence-corrected chi connectivity index (χ2v) is 7.14. The molecule has 2 N–H and O–H groups in total. The van der Waals surface area contributed by atoms with Gasteiger partial charge in [0.2, 0.25) is 0 Å². The lowest BCUT2D eigenvalue weighted by atomic mass is 9.74. The van der Waals surface area contributed by atoms with Crippen molar-refractivity contribution in [1.29, 1.82) is 0 Å². The highest BCUT2D eigenvalue weighted by Crippen LogP contribution is 2.44. The molecule has 108 valence electrons. The lowest BCUT2D eigenvalue weighted by Gasteiger charge is -2.36. The van der Waals surface area contributed by atoms with Gasteiger partial charge in [0.15, 0.2) is 0 Å². The summed E-state index contributed by atoms with van der Waals surface area (Å²) in [6.07, 6.45) is 3.44. The van der Waals surface area contributed by atoms with Gasteiger partial charge in [-0.3, -0.25) is 0 Å². The van der Waals surface area contributed by atoms with Crippen molar-refractivity contribution in [3.05, 3.63) is 34.5 Å². The van der Waals surface area contributed by atoms with E-state index in [0.717, 1.165) is 29.9 Å². The molecule has 1 unspecified atom stereocenters. The first kappa shape index (κ1) is 14.0. The average molecular weight is 291 g/mol. The zero-order chi connectivity index (χ0) is 14.3. The van der Waals surface area contributed by atoms with E-state index in [1.807, 2.05) is 6.07 Å². The normalized spacial score (nSPS) is 21.1. The number of fused-ring (bicyclic) bond motifs is 3. The molecule has 0 amide bonds. The van der Waals surface area contributed by atoms with E-state index in [4.69, 9.17) is 11.6 Å². The Kier molecular flexibility index (Phi) is 3.55. The fourth-order valence-corrected chi connectivity index (χ4v) is 3.71. The Morgan fingerprint density at radius 3 is 2.95 bits per heavy atom. The summed E-state index contributed by atoms with van der Waals surface area (Å²) in [5, 5.41) is 5.83. The van der Waals surface area contributed by atoms with Crippen LogP contribution in [0.2, 0.25) is 5.02 Å². The molecule has 1 aromatic carbocycles. The number of hydrogen-bond acceptors (Lipinski definition) is 1. The summed E-state index contributed by atoms with van der Waals surface area (Å²) in [7, 11) is 0. The molecule has 0 fully saturated rings. The average Bonchev–Trinajstić information content (AvgIpc) is 2.74. The van der Waals surface area contributed by atoms with E-state index in [2.05, 4.69) is 43.2 Å². The first-order valence-electron chi connectivity index (χ1n) is 7.54. The predicted molar refractivity (Wildman–Crippen MR) is 86.4 cm³/mol. The highest BCUT2D eigenvalue weighted by molar-refractivity contribution is 6.35. The van der Waals surface area contributed by atoms with E-state index < -0.39 is 0 Å². The van der Waals surface area contributed by atoms with E-state index in [1.54, 1.807) is 0 Å². The van der Waals surface area contributed by atoms with Crippen molar-refractivity contribution >= 4 is 22.5 Å². The third-order valence-electron chi connectivity index (χ3n) is 4.31. The maximum Gasteiger partial charge on any atom is 0.0648 e. The Hall–Kier alpha value is -0.990. The quantitative estimate of drug-likeness (QED) is 0.832. The molecule has 3 heteroatoms. The van der Waals surface area contributed by atoms with Crippen molar-refractivity contribution < 1.29 is 0 Å². The van der Waals surface area contributed by atoms with Gasteiger partial charge in [-0.05, 0) is 42.9 Å². The summed E-state index contributed by atoms with van der Waals surface area (Å²) in [6, 6.07) is 6.64. The van der Waals surface area contributed by atoms with Crippen molar-refractivity contribution in [2.45, 2.75) is 46.1 Å². The van der Waals surface area contributed by atoms with Gasteiger partial charge in [0.25, 0.3) is 0 Å². The first-order valence-corrected chi connectivity index (χ1v) is 7.92. The fraction of sp³-hybridized carbons (Fsp3) is 0.529. The molecule has 0 saturated carbocycles. The van der Waals surface area contributed by atoms with Crippen molar-refractivity contribution in [2.75, 3.05) is 6.54 Å². The summed E-state index contributed by atoms with van der Waals surface area (Å²) >= 11 is 6.35. The van der Waals surface area contributed by atoms with Crippen LogP contribution in [0, 0.1) is 5.41 Å². The molecule has 1 atom stereocenters. The van der Waals surface area contributed by atoms with Gasteiger partial charge in [-0.25, -0.2) is 0 Å². The van der Waals surface area contributed by atoms with Crippen LogP contribution >= 0.6 is 11.6 Å². The molecule has 20 heavy (non-hydrogen) atoms. The van der Waals surface area contributed by atoms with Gasteiger partial charge in [-0.15, -0.1) is 0 Å². The molecule has 1 aliphatic rings. The number of benzene rings is 1. The zero-order valence-electron chi connectivity index (χ0n) is 12.5. The number of nitrogens with one attached hydrogen (secondary N) is 2. The highest BCUT2D eigenvalue weighted by atomic mass is 35.5. The summed E-state index contributed by atoms with van der Waals surface area (Å²) in [4.78, 5) is 3.57. The standard InChI is InChI=1S/C17H23ClN2/c1-4-8-19-13-9-17(2,3)10-14-15(13)11-6-5-7-12(18)16(11)20-14/h5-7,13,19-20H,4,8-10H2,1-3H3. The van der Waals surface area contributed by atoms with Crippen molar-refractivity contribution in [3.63, 3.8) is 0 Å². The van der Waals surface area contributed by atoms with Gasteiger partial charge in [0.05, 0.1) is 10.5 Å². The van der Waals surface area contributed by atoms with Crippen molar-refractivity contribution in [1.82, 2.24) is 10.3 Å². The number of aromatic amines is 1. The lowest BCUT2D eigenvalue weighted by Crippen LogP contribution is -2.33.